The van der Waals surface area contributed by atoms with Gasteiger partial charge < -0.3 is 9.64 Å². The first-order valence-corrected chi connectivity index (χ1v) is 11.1. The van der Waals surface area contributed by atoms with Gasteiger partial charge in [-0.15, -0.1) is 0 Å². The van der Waals surface area contributed by atoms with Gasteiger partial charge >= 0.3 is 6.18 Å². The van der Waals surface area contributed by atoms with Crippen LogP contribution < -0.4 is 0 Å². The number of hydrogen-bond donors (Lipinski definition) is 0. The molecule has 6 nitrogen and oxygen atoms in total. The number of amides is 1. The summed E-state index contributed by atoms with van der Waals surface area (Å²) in [4.78, 5) is 13.6. The number of nitrogens with zero attached hydrogens (tertiary/aromatic N) is 2. The van der Waals surface area contributed by atoms with E-state index in [1.807, 2.05) is 0 Å². The molecule has 162 valence electrons. The summed E-state index contributed by atoms with van der Waals surface area (Å²) >= 11 is 12.2. The van der Waals surface area contributed by atoms with Gasteiger partial charge in [-0.1, -0.05) is 23.2 Å². The van der Waals surface area contributed by atoms with Gasteiger partial charge in [-0.3, -0.25) is 4.79 Å². The molecule has 0 aromatic heterocycles. The van der Waals surface area contributed by atoms with Crippen molar-refractivity contribution in [3.05, 3.63) is 27.7 Å². The van der Waals surface area contributed by atoms with Crippen LogP contribution in [0.2, 0.25) is 10.0 Å². The van der Waals surface area contributed by atoms with Crippen LogP contribution in [0, 0.1) is 5.92 Å². The summed E-state index contributed by atoms with van der Waals surface area (Å²) in [6.07, 6.45) is -4.27. The van der Waals surface area contributed by atoms with E-state index in [1.54, 1.807) is 0 Å². The summed E-state index contributed by atoms with van der Waals surface area (Å²) < 4.78 is 71.4. The largest absolute Gasteiger partial charge is 0.393 e. The number of alkyl halides is 3. The molecule has 2 fully saturated rings. The van der Waals surface area contributed by atoms with Gasteiger partial charge in [-0.2, -0.15) is 17.5 Å². The van der Waals surface area contributed by atoms with Crippen molar-refractivity contribution in [2.75, 3.05) is 39.4 Å². The van der Waals surface area contributed by atoms with Crippen LogP contribution in [0.5, 0.6) is 0 Å². The molecule has 0 radical (unpaired) electrons. The molecule has 0 spiro atoms. The van der Waals surface area contributed by atoms with Crippen molar-refractivity contribution in [2.24, 2.45) is 5.92 Å². The van der Waals surface area contributed by atoms with Gasteiger partial charge in [0.05, 0.1) is 34.7 Å². The van der Waals surface area contributed by atoms with Crippen LogP contribution in [0.15, 0.2) is 17.0 Å². The van der Waals surface area contributed by atoms with Crippen molar-refractivity contribution in [3.63, 3.8) is 0 Å². The van der Waals surface area contributed by atoms with Crippen LogP contribution in [0.4, 0.5) is 13.2 Å². The maximum Gasteiger partial charge on any atom is 0.393 e. The predicted molar refractivity (Wildman–Crippen MR) is 101 cm³/mol. The molecule has 2 aliphatic heterocycles. The minimum atomic E-state index is -4.41. The van der Waals surface area contributed by atoms with Gasteiger partial charge in [0.1, 0.15) is 4.90 Å². The Hall–Kier alpha value is -1.07. The van der Waals surface area contributed by atoms with Crippen LogP contribution in [-0.4, -0.2) is 69.1 Å². The smallest absolute Gasteiger partial charge is 0.379 e. The van der Waals surface area contributed by atoms with E-state index < -0.39 is 34.6 Å². The number of morpholine rings is 1. The lowest BCUT2D eigenvalue weighted by molar-refractivity contribution is -0.184. The summed E-state index contributed by atoms with van der Waals surface area (Å²) in [5, 5.41) is -0.278. The third-order valence-electron chi connectivity index (χ3n) is 5.01. The maximum absolute atomic E-state index is 13.1. The molecule has 1 atom stereocenters. The number of carbonyl (C=O) groups is 1. The number of hydrogen-bond acceptors (Lipinski definition) is 4. The van der Waals surface area contributed by atoms with Crippen molar-refractivity contribution < 1.29 is 31.1 Å². The summed E-state index contributed by atoms with van der Waals surface area (Å²) in [6, 6.07) is 2.18. The number of likely N-dealkylation sites (tertiary alicyclic amines) is 1. The van der Waals surface area contributed by atoms with E-state index in [9.17, 15) is 26.4 Å². The number of rotatable bonds is 3. The molecule has 0 saturated carbocycles. The summed E-state index contributed by atoms with van der Waals surface area (Å²) in [7, 11) is -4.02. The van der Waals surface area contributed by atoms with E-state index in [2.05, 4.69) is 0 Å². The van der Waals surface area contributed by atoms with E-state index >= 15 is 0 Å². The van der Waals surface area contributed by atoms with Gasteiger partial charge in [-0.05, 0) is 25.0 Å². The maximum atomic E-state index is 13.1. The quantitative estimate of drug-likeness (QED) is 0.672. The van der Waals surface area contributed by atoms with Gasteiger partial charge in [0.2, 0.25) is 10.0 Å². The SMILES string of the molecule is O=C(c1cc(S(=O)(=O)N2CCOCC2)c(Cl)cc1Cl)N1CCCC(C(F)(F)F)C1. The molecule has 12 heteroatoms. The Balaban J connectivity index is 1.92. The number of halogens is 5. The topological polar surface area (TPSA) is 66.9 Å². The highest BCUT2D eigenvalue weighted by Crippen LogP contribution is 2.35. The second kappa shape index (κ2) is 8.58. The third kappa shape index (κ3) is 4.82. The molecular weight excluding hydrogens is 456 g/mol. The molecule has 3 rings (SSSR count). The molecule has 2 aliphatic rings. The second-order valence-electron chi connectivity index (χ2n) is 6.91. The van der Waals surface area contributed by atoms with Crippen molar-refractivity contribution >= 4 is 39.1 Å². The van der Waals surface area contributed by atoms with E-state index in [0.29, 0.717) is 0 Å². The molecule has 0 N–H and O–H groups in total. The van der Waals surface area contributed by atoms with Crippen molar-refractivity contribution in [1.29, 1.82) is 0 Å². The van der Waals surface area contributed by atoms with E-state index in [4.69, 9.17) is 27.9 Å². The van der Waals surface area contributed by atoms with Crippen molar-refractivity contribution in [2.45, 2.75) is 23.9 Å². The molecule has 2 saturated heterocycles. The molecule has 1 aromatic carbocycles. The second-order valence-corrected chi connectivity index (χ2v) is 9.63. The van der Waals surface area contributed by atoms with Gasteiger partial charge in [0.25, 0.3) is 5.91 Å². The lowest BCUT2D eigenvalue weighted by atomic mass is 9.97. The average Bonchev–Trinajstić information content (AvgIpc) is 2.67. The van der Waals surface area contributed by atoms with Gasteiger partial charge in [-0.25, -0.2) is 8.42 Å². The number of sulfonamides is 1. The minimum absolute atomic E-state index is 0.0573. The number of ether oxygens (including phenoxy) is 1. The lowest BCUT2D eigenvalue weighted by Crippen LogP contribution is -2.44. The highest BCUT2D eigenvalue weighted by Gasteiger charge is 2.43. The Bertz CT molecular complexity index is 889. The number of carbonyl (C=O) groups excluding carboxylic acids is 1. The molecule has 2 heterocycles. The first kappa shape index (κ1) is 22.6. The summed E-state index contributed by atoms with van der Waals surface area (Å²) in [5.41, 5.74) is -0.189. The van der Waals surface area contributed by atoms with Crippen LogP contribution in [0.1, 0.15) is 23.2 Å². The predicted octanol–water partition coefficient (Wildman–Crippen LogP) is 3.43. The fourth-order valence-corrected chi connectivity index (χ4v) is 5.65. The molecule has 1 unspecified atom stereocenters. The zero-order valence-electron chi connectivity index (χ0n) is 15.2. The van der Waals surface area contributed by atoms with Crippen LogP contribution >= 0.6 is 23.2 Å². The first-order chi connectivity index (χ1) is 13.5. The Morgan fingerprint density at radius 2 is 1.76 bits per heavy atom. The normalized spacial score (nSPS) is 22.0. The number of benzene rings is 1. The fraction of sp³-hybridized carbons (Fsp3) is 0.588. The highest BCUT2D eigenvalue weighted by molar-refractivity contribution is 7.89. The van der Waals surface area contributed by atoms with Gasteiger partial charge in [0, 0.05) is 26.2 Å². The fourth-order valence-electron chi connectivity index (χ4n) is 3.42. The van der Waals surface area contributed by atoms with E-state index in [0.717, 1.165) is 17.0 Å². The Labute approximate surface area is 176 Å². The van der Waals surface area contributed by atoms with Crippen LogP contribution in [-0.2, 0) is 14.8 Å². The minimum Gasteiger partial charge on any atom is -0.379 e. The van der Waals surface area contributed by atoms with Crippen LogP contribution in [0.25, 0.3) is 0 Å². The standard InChI is InChI=1S/C17H19Cl2F3N2O4S/c18-13-9-14(19)15(29(26,27)24-4-6-28-7-5-24)8-12(13)16(25)23-3-1-2-11(10-23)17(20,21)22/h8-9,11H,1-7,10H2. The molecule has 0 aliphatic carbocycles. The van der Waals surface area contributed by atoms with Crippen molar-refractivity contribution in [1.82, 2.24) is 9.21 Å². The van der Waals surface area contributed by atoms with E-state index in [-0.39, 0.29) is 66.2 Å². The highest BCUT2D eigenvalue weighted by atomic mass is 35.5. The van der Waals surface area contributed by atoms with Gasteiger partial charge in [0.15, 0.2) is 0 Å². The summed E-state index contributed by atoms with van der Waals surface area (Å²) in [6.45, 7) is 0.350. The number of piperidine rings is 1. The first-order valence-electron chi connectivity index (χ1n) is 8.94. The molecule has 0 bridgehead atoms. The monoisotopic (exact) mass is 474 g/mol. The Kier molecular flexibility index (Phi) is 6.69. The third-order valence-corrected chi connectivity index (χ3v) is 7.69. The van der Waals surface area contributed by atoms with Crippen molar-refractivity contribution in [3.8, 4) is 0 Å². The molecule has 1 amide bonds. The molecular formula is C17H19Cl2F3N2O4S. The zero-order chi connectivity index (χ0) is 21.4. The Morgan fingerprint density at radius 1 is 1.10 bits per heavy atom. The molecule has 29 heavy (non-hydrogen) atoms. The van der Waals surface area contributed by atoms with E-state index in [1.165, 1.54) is 4.31 Å². The molecule has 1 aromatic rings. The Morgan fingerprint density at radius 3 is 2.38 bits per heavy atom. The summed E-state index contributed by atoms with van der Waals surface area (Å²) in [5.74, 6) is -2.37. The lowest BCUT2D eigenvalue weighted by Gasteiger charge is -2.34. The average molecular weight is 475 g/mol. The van der Waals surface area contributed by atoms with Crippen LogP contribution in [0.3, 0.4) is 0 Å². The zero-order valence-corrected chi connectivity index (χ0v) is 17.5.